The second kappa shape index (κ2) is 6.39. The Bertz CT molecular complexity index is 570. The minimum atomic E-state index is -1.08. The van der Waals surface area contributed by atoms with Crippen LogP contribution in [0, 0.1) is 0 Å². The summed E-state index contributed by atoms with van der Waals surface area (Å²) in [6, 6.07) is 6.02. The quantitative estimate of drug-likeness (QED) is 0.555. The van der Waals surface area contributed by atoms with Crippen LogP contribution in [0.3, 0.4) is 0 Å². The fourth-order valence-corrected chi connectivity index (χ4v) is 2.25. The summed E-state index contributed by atoms with van der Waals surface area (Å²) in [5.74, 6) is 0. The van der Waals surface area contributed by atoms with E-state index in [0.29, 0.717) is 0 Å². The van der Waals surface area contributed by atoms with Crippen molar-refractivity contribution in [2.24, 2.45) is 17.2 Å². The van der Waals surface area contributed by atoms with Crippen molar-refractivity contribution >= 4 is 0 Å². The van der Waals surface area contributed by atoms with Crippen LogP contribution < -0.4 is 17.2 Å². The maximum atomic E-state index is 6.56. The third kappa shape index (κ3) is 3.50. The van der Waals surface area contributed by atoms with Gasteiger partial charge in [-0.15, -0.1) is 0 Å². The molecule has 0 fully saturated rings. The molecule has 21 heavy (non-hydrogen) atoms. The van der Waals surface area contributed by atoms with E-state index < -0.39 is 11.2 Å². The standard InChI is InChI=1S/C18H27N3/c1-6-9-17(19,13(4)5)15-10-14(7-2)11-16(12-15)18(20,21)8-3/h6,8-12H,3-4,7,19-21H2,1-2,5H3/b9-6+. The second-order valence-electron chi connectivity index (χ2n) is 5.56. The van der Waals surface area contributed by atoms with Gasteiger partial charge in [-0.25, -0.2) is 0 Å². The average molecular weight is 285 g/mol. The van der Waals surface area contributed by atoms with Crippen LogP contribution in [0.5, 0.6) is 0 Å². The van der Waals surface area contributed by atoms with E-state index in [9.17, 15) is 0 Å². The van der Waals surface area contributed by atoms with Crippen molar-refractivity contribution in [1.82, 2.24) is 0 Å². The molecule has 0 spiro atoms. The molecule has 1 aromatic rings. The van der Waals surface area contributed by atoms with E-state index in [0.717, 1.165) is 28.7 Å². The molecule has 1 rings (SSSR count). The van der Waals surface area contributed by atoms with Gasteiger partial charge in [-0.05, 0) is 43.0 Å². The lowest BCUT2D eigenvalue weighted by Crippen LogP contribution is -2.44. The van der Waals surface area contributed by atoms with Crippen LogP contribution in [-0.4, -0.2) is 0 Å². The highest BCUT2D eigenvalue weighted by atomic mass is 14.9. The Balaban J connectivity index is 3.59. The molecule has 0 aliphatic rings. The Hall–Kier alpha value is -1.68. The van der Waals surface area contributed by atoms with E-state index >= 15 is 0 Å². The number of rotatable bonds is 6. The van der Waals surface area contributed by atoms with Crippen LogP contribution in [-0.2, 0) is 17.6 Å². The number of allylic oxidation sites excluding steroid dienone is 1. The van der Waals surface area contributed by atoms with Gasteiger partial charge in [-0.3, -0.25) is 0 Å². The highest BCUT2D eigenvalue weighted by Gasteiger charge is 2.28. The van der Waals surface area contributed by atoms with Gasteiger partial charge in [0.05, 0.1) is 5.54 Å². The van der Waals surface area contributed by atoms with Crippen LogP contribution in [0.1, 0.15) is 37.5 Å². The zero-order chi connectivity index (χ0) is 16.3. The predicted molar refractivity (Wildman–Crippen MR) is 91.6 cm³/mol. The van der Waals surface area contributed by atoms with Gasteiger partial charge in [0.2, 0.25) is 0 Å². The molecule has 0 heterocycles. The molecule has 0 aliphatic carbocycles. The largest absolute Gasteiger partial charge is 0.315 e. The van der Waals surface area contributed by atoms with Gasteiger partial charge in [0.25, 0.3) is 0 Å². The zero-order valence-corrected chi connectivity index (χ0v) is 13.3. The molecule has 0 bridgehead atoms. The summed E-state index contributed by atoms with van der Waals surface area (Å²) in [5.41, 5.74) is 20.7. The topological polar surface area (TPSA) is 78.1 Å². The Labute approximate surface area is 128 Å². The maximum Gasteiger partial charge on any atom is 0.109 e. The third-order valence-electron chi connectivity index (χ3n) is 3.85. The lowest BCUT2D eigenvalue weighted by molar-refractivity contribution is 0.587. The van der Waals surface area contributed by atoms with Gasteiger partial charge < -0.3 is 17.2 Å². The van der Waals surface area contributed by atoms with Gasteiger partial charge in [0.15, 0.2) is 0 Å². The number of aryl methyl sites for hydroxylation is 1. The Morgan fingerprint density at radius 1 is 1.19 bits per heavy atom. The fraction of sp³-hybridized carbons (Fsp3) is 0.333. The van der Waals surface area contributed by atoms with Gasteiger partial charge in [-0.2, -0.15) is 0 Å². The molecule has 1 aromatic carbocycles. The van der Waals surface area contributed by atoms with E-state index in [4.69, 9.17) is 17.2 Å². The van der Waals surface area contributed by atoms with Crippen molar-refractivity contribution < 1.29 is 0 Å². The van der Waals surface area contributed by atoms with Gasteiger partial charge in [0, 0.05) is 0 Å². The molecule has 3 heteroatoms. The molecule has 0 aromatic heterocycles. The molecule has 1 unspecified atom stereocenters. The van der Waals surface area contributed by atoms with E-state index in [-0.39, 0.29) is 0 Å². The summed E-state index contributed by atoms with van der Waals surface area (Å²) in [7, 11) is 0. The van der Waals surface area contributed by atoms with E-state index in [1.807, 2.05) is 38.1 Å². The van der Waals surface area contributed by atoms with Gasteiger partial charge in [0.1, 0.15) is 5.66 Å². The Morgan fingerprint density at radius 2 is 1.76 bits per heavy atom. The first kappa shape index (κ1) is 17.4. The van der Waals surface area contributed by atoms with Crippen LogP contribution in [0.2, 0.25) is 0 Å². The van der Waals surface area contributed by atoms with Gasteiger partial charge >= 0.3 is 0 Å². The first-order chi connectivity index (χ1) is 9.71. The summed E-state index contributed by atoms with van der Waals surface area (Å²) in [6.45, 7) is 13.7. The molecule has 0 saturated carbocycles. The van der Waals surface area contributed by atoms with Crippen molar-refractivity contribution in [3.05, 3.63) is 71.8 Å². The number of hydrogen-bond donors (Lipinski definition) is 3. The first-order valence-corrected chi connectivity index (χ1v) is 7.16. The minimum Gasteiger partial charge on any atom is -0.315 e. The average Bonchev–Trinajstić information content (AvgIpc) is 2.46. The van der Waals surface area contributed by atoms with Crippen molar-refractivity contribution in [3.8, 4) is 0 Å². The van der Waals surface area contributed by atoms with Crippen LogP contribution in [0.4, 0.5) is 0 Å². The van der Waals surface area contributed by atoms with Crippen LogP contribution in [0.15, 0.2) is 55.2 Å². The van der Waals surface area contributed by atoms with E-state index in [2.05, 4.69) is 26.1 Å². The van der Waals surface area contributed by atoms with E-state index in [1.165, 1.54) is 0 Å². The van der Waals surface area contributed by atoms with Gasteiger partial charge in [-0.1, -0.05) is 56.0 Å². The molecule has 114 valence electrons. The number of nitrogens with two attached hydrogens (primary N) is 3. The van der Waals surface area contributed by atoms with Crippen molar-refractivity contribution in [1.29, 1.82) is 0 Å². The highest BCUT2D eigenvalue weighted by Crippen LogP contribution is 2.31. The molecule has 0 aliphatic heterocycles. The van der Waals surface area contributed by atoms with Crippen LogP contribution in [0.25, 0.3) is 0 Å². The molecule has 0 saturated heterocycles. The van der Waals surface area contributed by atoms with Crippen molar-refractivity contribution in [3.63, 3.8) is 0 Å². The number of hydrogen-bond acceptors (Lipinski definition) is 3. The molecule has 3 nitrogen and oxygen atoms in total. The molecular formula is C18H27N3. The van der Waals surface area contributed by atoms with Crippen LogP contribution >= 0.6 is 0 Å². The lowest BCUT2D eigenvalue weighted by atomic mass is 9.81. The van der Waals surface area contributed by atoms with Crippen molar-refractivity contribution in [2.45, 2.75) is 38.4 Å². The molecule has 6 N–H and O–H groups in total. The fourth-order valence-electron chi connectivity index (χ4n) is 2.25. The summed E-state index contributed by atoms with van der Waals surface area (Å²) in [5, 5.41) is 0. The molecule has 1 atom stereocenters. The smallest absolute Gasteiger partial charge is 0.109 e. The molecule has 0 radical (unpaired) electrons. The molecular weight excluding hydrogens is 258 g/mol. The lowest BCUT2D eigenvalue weighted by Gasteiger charge is -2.30. The Morgan fingerprint density at radius 3 is 2.19 bits per heavy atom. The predicted octanol–water partition coefficient (Wildman–Crippen LogP) is 2.81. The minimum absolute atomic E-state index is 0.730. The van der Waals surface area contributed by atoms with E-state index in [1.54, 1.807) is 6.08 Å². The molecule has 0 amide bonds. The summed E-state index contributed by atoms with van der Waals surface area (Å²) >= 11 is 0. The zero-order valence-electron chi connectivity index (χ0n) is 13.3. The maximum absolute atomic E-state index is 6.56. The summed E-state index contributed by atoms with van der Waals surface area (Å²) < 4.78 is 0. The second-order valence-corrected chi connectivity index (χ2v) is 5.56. The first-order valence-electron chi connectivity index (χ1n) is 7.16. The Kier molecular flexibility index (Phi) is 5.29. The summed E-state index contributed by atoms with van der Waals surface area (Å²) in [6.07, 6.45) is 6.28. The monoisotopic (exact) mass is 285 g/mol. The highest BCUT2D eigenvalue weighted by molar-refractivity contribution is 5.45. The third-order valence-corrected chi connectivity index (χ3v) is 3.85. The normalized spacial score (nSPS) is 15.0. The van der Waals surface area contributed by atoms with Crippen molar-refractivity contribution in [2.75, 3.05) is 0 Å². The summed E-state index contributed by atoms with van der Waals surface area (Å²) in [4.78, 5) is 0. The SMILES string of the molecule is C=CC(N)(N)c1cc(CC)cc(C(N)(/C=C/C)C(=C)C)c1. The number of benzene rings is 1.